The molecular weight excluding hydrogens is 306 g/mol. The maximum Gasteiger partial charge on any atom is 0.342 e. The van der Waals surface area contributed by atoms with Crippen LogP contribution in [-0.2, 0) is 4.74 Å². The van der Waals surface area contributed by atoms with Gasteiger partial charge in [0.15, 0.2) is 0 Å². The number of benzene rings is 1. The monoisotopic (exact) mass is 323 g/mol. The molecule has 0 unspecified atom stereocenters. The predicted octanol–water partition coefficient (Wildman–Crippen LogP) is 5.07. The summed E-state index contributed by atoms with van der Waals surface area (Å²) < 4.78 is 5.51. The third-order valence-electron chi connectivity index (χ3n) is 2.78. The Morgan fingerprint density at radius 3 is 2.38 bits per heavy atom. The van der Waals surface area contributed by atoms with E-state index in [-0.39, 0.29) is 5.97 Å². The van der Waals surface area contributed by atoms with Gasteiger partial charge in [0.1, 0.15) is 16.2 Å². The fourth-order valence-electron chi connectivity index (χ4n) is 1.92. The van der Waals surface area contributed by atoms with Gasteiger partial charge in [-0.25, -0.2) is 4.79 Å². The van der Waals surface area contributed by atoms with Crippen LogP contribution in [0, 0.1) is 0 Å². The Kier molecular flexibility index (Phi) is 4.59. The Balaban J connectivity index is 2.46. The van der Waals surface area contributed by atoms with Crippen LogP contribution < -0.4 is 5.32 Å². The van der Waals surface area contributed by atoms with E-state index in [9.17, 15) is 4.79 Å². The molecule has 0 bridgehead atoms. The van der Waals surface area contributed by atoms with Crippen molar-refractivity contribution in [2.45, 2.75) is 26.4 Å². The second kappa shape index (κ2) is 6.08. The molecule has 0 saturated carbocycles. The molecule has 1 aromatic carbocycles. The number of hydrogen-bond donors (Lipinski definition) is 1. The Morgan fingerprint density at radius 2 is 1.86 bits per heavy atom. The van der Waals surface area contributed by atoms with Gasteiger partial charge in [0.05, 0.1) is 0 Å². The van der Waals surface area contributed by atoms with Crippen LogP contribution in [0.5, 0.6) is 0 Å². The Labute approximate surface area is 133 Å². The zero-order chi connectivity index (χ0) is 15.6. The molecule has 3 nitrogen and oxygen atoms in total. The third kappa shape index (κ3) is 3.77. The number of ether oxygens (including phenoxy) is 1. The molecule has 1 heterocycles. The first-order valence-corrected chi connectivity index (χ1v) is 7.86. The topological polar surface area (TPSA) is 38.3 Å². The van der Waals surface area contributed by atoms with Gasteiger partial charge >= 0.3 is 5.97 Å². The van der Waals surface area contributed by atoms with Crippen LogP contribution in [0.25, 0.3) is 11.1 Å². The second-order valence-corrected chi connectivity index (χ2v) is 6.93. The quantitative estimate of drug-likeness (QED) is 0.802. The van der Waals surface area contributed by atoms with Crippen LogP contribution in [0.1, 0.15) is 31.1 Å². The Morgan fingerprint density at radius 1 is 1.24 bits per heavy atom. The van der Waals surface area contributed by atoms with Gasteiger partial charge in [-0.15, -0.1) is 11.3 Å². The third-order valence-corrected chi connectivity index (χ3v) is 4.03. The summed E-state index contributed by atoms with van der Waals surface area (Å²) in [5.74, 6) is -0.321. The van der Waals surface area contributed by atoms with Crippen molar-refractivity contribution >= 4 is 33.9 Å². The SMILES string of the molecule is CNc1scc(-c2ccc(Cl)cc2)c1C(=O)OC(C)(C)C. The van der Waals surface area contributed by atoms with Gasteiger partial charge in [0.2, 0.25) is 0 Å². The molecule has 1 aromatic heterocycles. The number of carbonyl (C=O) groups excluding carboxylic acids is 1. The van der Waals surface area contributed by atoms with Gasteiger partial charge in [-0.05, 0) is 38.5 Å². The van der Waals surface area contributed by atoms with E-state index in [1.54, 1.807) is 7.05 Å². The lowest BCUT2D eigenvalue weighted by Gasteiger charge is -2.20. The number of halogens is 1. The molecule has 2 rings (SSSR count). The average molecular weight is 324 g/mol. The molecule has 5 heteroatoms. The Bertz CT molecular complexity index is 641. The number of nitrogens with one attached hydrogen (secondary N) is 1. The fraction of sp³-hybridized carbons (Fsp3) is 0.312. The summed E-state index contributed by atoms with van der Waals surface area (Å²) in [5, 5.41) is 6.48. The van der Waals surface area contributed by atoms with E-state index >= 15 is 0 Å². The van der Waals surface area contributed by atoms with E-state index in [1.807, 2.05) is 50.4 Å². The van der Waals surface area contributed by atoms with Crippen LogP contribution in [-0.4, -0.2) is 18.6 Å². The van der Waals surface area contributed by atoms with Crippen LogP contribution in [0.2, 0.25) is 5.02 Å². The summed E-state index contributed by atoms with van der Waals surface area (Å²) in [5.41, 5.74) is 1.84. The summed E-state index contributed by atoms with van der Waals surface area (Å²) in [4.78, 5) is 12.5. The molecule has 0 radical (unpaired) electrons. The van der Waals surface area contributed by atoms with Crippen molar-refractivity contribution in [1.82, 2.24) is 0 Å². The fourth-order valence-corrected chi connectivity index (χ4v) is 2.96. The molecule has 21 heavy (non-hydrogen) atoms. The highest BCUT2D eigenvalue weighted by Crippen LogP contribution is 2.36. The van der Waals surface area contributed by atoms with Crippen molar-refractivity contribution in [3.8, 4) is 11.1 Å². The Hall–Kier alpha value is -1.52. The first kappa shape index (κ1) is 15.9. The highest BCUT2D eigenvalue weighted by molar-refractivity contribution is 7.15. The molecule has 0 saturated heterocycles. The van der Waals surface area contributed by atoms with Crippen LogP contribution in [0.15, 0.2) is 29.6 Å². The molecule has 1 N–H and O–H groups in total. The minimum absolute atomic E-state index is 0.321. The van der Waals surface area contributed by atoms with Gasteiger partial charge in [0.25, 0.3) is 0 Å². The minimum atomic E-state index is -0.526. The molecule has 2 aromatic rings. The highest BCUT2D eigenvalue weighted by atomic mass is 35.5. The van der Waals surface area contributed by atoms with Crippen molar-refractivity contribution < 1.29 is 9.53 Å². The molecule has 0 aliphatic heterocycles. The van der Waals surface area contributed by atoms with Gasteiger partial charge in [0, 0.05) is 23.0 Å². The molecule has 0 aliphatic carbocycles. The smallest absolute Gasteiger partial charge is 0.342 e. The largest absolute Gasteiger partial charge is 0.456 e. The number of esters is 1. The summed E-state index contributed by atoms with van der Waals surface area (Å²) in [6.45, 7) is 5.58. The molecule has 0 fully saturated rings. The van der Waals surface area contributed by atoms with E-state index < -0.39 is 5.60 Å². The average Bonchev–Trinajstić information content (AvgIpc) is 2.81. The van der Waals surface area contributed by atoms with E-state index in [1.165, 1.54) is 11.3 Å². The molecular formula is C16H18ClNO2S. The van der Waals surface area contributed by atoms with Gasteiger partial charge in [-0.1, -0.05) is 23.7 Å². The lowest BCUT2D eigenvalue weighted by molar-refractivity contribution is 0.00721. The number of thiophene rings is 1. The molecule has 112 valence electrons. The highest BCUT2D eigenvalue weighted by Gasteiger charge is 2.25. The minimum Gasteiger partial charge on any atom is -0.456 e. The lowest BCUT2D eigenvalue weighted by atomic mass is 10.0. The summed E-state index contributed by atoms with van der Waals surface area (Å²) in [6.07, 6.45) is 0. The first-order valence-electron chi connectivity index (χ1n) is 6.60. The molecule has 0 aliphatic rings. The van der Waals surface area contributed by atoms with Crippen LogP contribution in [0.4, 0.5) is 5.00 Å². The van der Waals surface area contributed by atoms with Crippen molar-refractivity contribution in [2.24, 2.45) is 0 Å². The van der Waals surface area contributed by atoms with E-state index in [2.05, 4.69) is 5.32 Å². The lowest BCUT2D eigenvalue weighted by Crippen LogP contribution is -2.24. The number of hydrogen-bond acceptors (Lipinski definition) is 4. The van der Waals surface area contributed by atoms with Crippen molar-refractivity contribution in [3.05, 3.63) is 40.2 Å². The van der Waals surface area contributed by atoms with E-state index in [4.69, 9.17) is 16.3 Å². The molecule has 0 atom stereocenters. The zero-order valence-corrected chi connectivity index (χ0v) is 14.1. The number of carbonyl (C=O) groups is 1. The van der Waals surface area contributed by atoms with E-state index in [0.717, 1.165) is 16.1 Å². The predicted molar refractivity (Wildman–Crippen MR) is 89.5 cm³/mol. The summed E-state index contributed by atoms with van der Waals surface area (Å²) in [7, 11) is 1.80. The molecule has 0 amide bonds. The van der Waals surface area contributed by atoms with Crippen molar-refractivity contribution in [2.75, 3.05) is 12.4 Å². The van der Waals surface area contributed by atoms with Crippen LogP contribution in [0.3, 0.4) is 0 Å². The van der Waals surface area contributed by atoms with Gasteiger partial charge < -0.3 is 10.1 Å². The second-order valence-electron chi connectivity index (χ2n) is 5.61. The van der Waals surface area contributed by atoms with E-state index in [0.29, 0.717) is 10.6 Å². The number of rotatable bonds is 3. The summed E-state index contributed by atoms with van der Waals surface area (Å²) in [6, 6.07) is 7.42. The maximum atomic E-state index is 12.5. The summed E-state index contributed by atoms with van der Waals surface area (Å²) >= 11 is 7.40. The first-order chi connectivity index (χ1) is 9.81. The number of anilines is 1. The van der Waals surface area contributed by atoms with Gasteiger partial charge in [-0.2, -0.15) is 0 Å². The van der Waals surface area contributed by atoms with Gasteiger partial charge in [-0.3, -0.25) is 0 Å². The maximum absolute atomic E-state index is 12.5. The molecule has 0 spiro atoms. The van der Waals surface area contributed by atoms with Crippen molar-refractivity contribution in [3.63, 3.8) is 0 Å². The standard InChI is InChI=1S/C16H18ClNO2S/c1-16(2,3)20-15(19)13-12(9-21-14(13)18-4)10-5-7-11(17)8-6-10/h5-9,18H,1-4H3. The zero-order valence-electron chi connectivity index (χ0n) is 12.5. The van der Waals surface area contributed by atoms with Crippen molar-refractivity contribution in [1.29, 1.82) is 0 Å². The van der Waals surface area contributed by atoms with Crippen LogP contribution >= 0.6 is 22.9 Å². The normalized spacial score (nSPS) is 11.3.